The summed E-state index contributed by atoms with van der Waals surface area (Å²) in [6, 6.07) is 12.7. The topological polar surface area (TPSA) is 0 Å². The molecule has 0 heterocycles. The smallest absolute Gasteiger partial charge is 0.123 e. The van der Waals surface area contributed by atoms with Crippen molar-refractivity contribution >= 4 is 23.2 Å². The van der Waals surface area contributed by atoms with E-state index in [-0.39, 0.29) is 11.7 Å². The van der Waals surface area contributed by atoms with Gasteiger partial charge in [-0.1, -0.05) is 35.9 Å². The number of halogens is 3. The molecule has 0 aliphatic carbocycles. The quantitative estimate of drug-likeness (QED) is 0.646. The molecule has 2 rings (SSSR count). The minimum absolute atomic E-state index is 0.198. The lowest BCUT2D eigenvalue weighted by molar-refractivity contribution is 0.574. The first-order valence-electron chi connectivity index (χ1n) is 6.64. The van der Waals surface area contributed by atoms with E-state index >= 15 is 0 Å². The van der Waals surface area contributed by atoms with Crippen LogP contribution in [0.4, 0.5) is 4.39 Å². The fourth-order valence-electron chi connectivity index (χ4n) is 2.33. The molecule has 106 valence electrons. The van der Waals surface area contributed by atoms with E-state index in [9.17, 15) is 4.39 Å². The van der Waals surface area contributed by atoms with Crippen LogP contribution in [0.25, 0.3) is 0 Å². The molecule has 0 aliphatic rings. The van der Waals surface area contributed by atoms with Crippen molar-refractivity contribution in [1.29, 1.82) is 0 Å². The van der Waals surface area contributed by atoms with Gasteiger partial charge in [-0.2, -0.15) is 0 Å². The van der Waals surface area contributed by atoms with Crippen LogP contribution in [-0.4, -0.2) is 5.88 Å². The second kappa shape index (κ2) is 7.10. The molecule has 0 saturated heterocycles. The molecule has 0 nitrogen and oxygen atoms in total. The van der Waals surface area contributed by atoms with Gasteiger partial charge in [-0.25, -0.2) is 4.39 Å². The van der Waals surface area contributed by atoms with Crippen LogP contribution in [0.1, 0.15) is 16.7 Å². The lowest BCUT2D eigenvalue weighted by Crippen LogP contribution is -2.11. The second-order valence-corrected chi connectivity index (χ2v) is 5.81. The second-order valence-electron chi connectivity index (χ2n) is 5.09. The third-order valence-corrected chi connectivity index (χ3v) is 4.31. The normalized spacial score (nSPS) is 12.4. The van der Waals surface area contributed by atoms with E-state index in [1.165, 1.54) is 6.07 Å². The summed E-state index contributed by atoms with van der Waals surface area (Å²) in [7, 11) is 0. The van der Waals surface area contributed by atoms with Crippen molar-refractivity contribution in [2.45, 2.75) is 19.8 Å². The van der Waals surface area contributed by atoms with Crippen molar-refractivity contribution < 1.29 is 4.39 Å². The third kappa shape index (κ3) is 3.97. The summed E-state index contributed by atoms with van der Waals surface area (Å²) in [6.45, 7) is 2.00. The number of hydrogen-bond acceptors (Lipinski definition) is 0. The number of rotatable bonds is 5. The van der Waals surface area contributed by atoms with Crippen LogP contribution in [0.15, 0.2) is 42.5 Å². The van der Waals surface area contributed by atoms with E-state index in [2.05, 4.69) is 0 Å². The predicted octanol–water partition coefficient (Wildman–Crippen LogP) is 5.43. The zero-order valence-corrected chi connectivity index (χ0v) is 12.9. The van der Waals surface area contributed by atoms with Gasteiger partial charge in [0.25, 0.3) is 0 Å². The maximum absolute atomic E-state index is 13.3. The van der Waals surface area contributed by atoms with E-state index < -0.39 is 0 Å². The summed E-state index contributed by atoms with van der Waals surface area (Å²) in [6.07, 6.45) is 1.57. The van der Waals surface area contributed by atoms with Crippen molar-refractivity contribution in [2.75, 3.05) is 5.88 Å². The Morgan fingerprint density at radius 3 is 2.45 bits per heavy atom. The fraction of sp³-hybridized carbons (Fsp3) is 0.294. The Labute approximate surface area is 129 Å². The number of hydrogen-bond donors (Lipinski definition) is 0. The van der Waals surface area contributed by atoms with Gasteiger partial charge in [0.2, 0.25) is 0 Å². The summed E-state index contributed by atoms with van der Waals surface area (Å²) in [4.78, 5) is 0. The Morgan fingerprint density at radius 1 is 1.05 bits per heavy atom. The molecule has 0 N–H and O–H groups in total. The molecule has 20 heavy (non-hydrogen) atoms. The Morgan fingerprint density at radius 2 is 1.75 bits per heavy atom. The molecule has 0 radical (unpaired) electrons. The fourth-order valence-corrected chi connectivity index (χ4v) is 2.76. The molecule has 0 aliphatic heterocycles. The van der Waals surface area contributed by atoms with Crippen LogP contribution in [-0.2, 0) is 12.8 Å². The van der Waals surface area contributed by atoms with Crippen LogP contribution in [0.5, 0.6) is 0 Å². The van der Waals surface area contributed by atoms with E-state index in [0.29, 0.717) is 5.88 Å². The molecule has 1 atom stereocenters. The number of aryl methyl sites for hydroxylation is 1. The van der Waals surface area contributed by atoms with Crippen LogP contribution >= 0.6 is 23.2 Å². The van der Waals surface area contributed by atoms with Gasteiger partial charge in [-0.15, -0.1) is 11.6 Å². The lowest BCUT2D eigenvalue weighted by atomic mass is 9.92. The standard InChI is InChI=1S/C17H17Cl2F/c1-12-6-7-16(20)10-15(12)9-13(11-18)8-14-4-2-3-5-17(14)19/h2-7,10,13H,8-9,11H2,1H3. The number of alkyl halides is 1. The van der Waals surface area contributed by atoms with Crippen molar-refractivity contribution in [1.82, 2.24) is 0 Å². The molecule has 3 heteroatoms. The third-order valence-electron chi connectivity index (χ3n) is 3.50. The SMILES string of the molecule is Cc1ccc(F)cc1CC(CCl)Cc1ccccc1Cl. The molecule has 0 spiro atoms. The van der Waals surface area contributed by atoms with Gasteiger partial charge in [0.15, 0.2) is 0 Å². The van der Waals surface area contributed by atoms with Crippen LogP contribution < -0.4 is 0 Å². The van der Waals surface area contributed by atoms with E-state index in [1.54, 1.807) is 6.07 Å². The highest BCUT2D eigenvalue weighted by Gasteiger charge is 2.13. The minimum atomic E-state index is -0.198. The van der Waals surface area contributed by atoms with Crippen molar-refractivity contribution in [3.05, 3.63) is 70.0 Å². The molecule has 0 amide bonds. The van der Waals surface area contributed by atoms with Gasteiger partial charge in [0.1, 0.15) is 5.82 Å². The molecule has 2 aromatic rings. The van der Waals surface area contributed by atoms with E-state index in [0.717, 1.165) is 34.6 Å². The first kappa shape index (κ1) is 15.3. The molecular weight excluding hydrogens is 294 g/mol. The van der Waals surface area contributed by atoms with Crippen molar-refractivity contribution in [3.63, 3.8) is 0 Å². The van der Waals surface area contributed by atoms with Gasteiger partial charge in [-0.05, 0) is 60.6 Å². The van der Waals surface area contributed by atoms with Crippen molar-refractivity contribution in [3.8, 4) is 0 Å². The highest BCUT2D eigenvalue weighted by Crippen LogP contribution is 2.23. The van der Waals surface area contributed by atoms with Crippen LogP contribution in [0.2, 0.25) is 5.02 Å². The molecule has 0 aromatic heterocycles. The molecule has 2 aromatic carbocycles. The van der Waals surface area contributed by atoms with Crippen LogP contribution in [0, 0.1) is 18.7 Å². The van der Waals surface area contributed by atoms with Gasteiger partial charge in [0.05, 0.1) is 0 Å². The van der Waals surface area contributed by atoms with Gasteiger partial charge >= 0.3 is 0 Å². The average molecular weight is 311 g/mol. The lowest BCUT2D eigenvalue weighted by Gasteiger charge is -2.16. The van der Waals surface area contributed by atoms with Crippen LogP contribution in [0.3, 0.4) is 0 Å². The van der Waals surface area contributed by atoms with Gasteiger partial charge in [0, 0.05) is 10.9 Å². The summed E-state index contributed by atoms with van der Waals surface area (Å²) in [5.74, 6) is 0.579. The molecular formula is C17H17Cl2F. The summed E-state index contributed by atoms with van der Waals surface area (Å²) in [5, 5.41) is 0.763. The molecule has 0 bridgehead atoms. The monoisotopic (exact) mass is 310 g/mol. The first-order chi connectivity index (χ1) is 9.60. The maximum Gasteiger partial charge on any atom is 0.123 e. The van der Waals surface area contributed by atoms with E-state index in [4.69, 9.17) is 23.2 Å². The summed E-state index contributed by atoms with van der Waals surface area (Å²) < 4.78 is 13.3. The van der Waals surface area contributed by atoms with E-state index in [1.807, 2.05) is 37.3 Å². The molecule has 1 unspecified atom stereocenters. The highest BCUT2D eigenvalue weighted by atomic mass is 35.5. The summed E-state index contributed by atoms with van der Waals surface area (Å²) >= 11 is 12.3. The zero-order chi connectivity index (χ0) is 14.5. The Balaban J connectivity index is 2.13. The Hall–Kier alpha value is -1.05. The molecule has 0 fully saturated rings. The maximum atomic E-state index is 13.3. The number of benzene rings is 2. The first-order valence-corrected chi connectivity index (χ1v) is 7.55. The summed E-state index contributed by atoms with van der Waals surface area (Å²) in [5.41, 5.74) is 3.21. The Kier molecular flexibility index (Phi) is 5.45. The average Bonchev–Trinajstić information content (AvgIpc) is 2.44. The zero-order valence-electron chi connectivity index (χ0n) is 11.4. The Bertz CT molecular complexity index is 581. The van der Waals surface area contributed by atoms with Gasteiger partial charge < -0.3 is 0 Å². The predicted molar refractivity (Wildman–Crippen MR) is 84.2 cm³/mol. The highest BCUT2D eigenvalue weighted by molar-refractivity contribution is 6.31. The van der Waals surface area contributed by atoms with Gasteiger partial charge in [-0.3, -0.25) is 0 Å². The largest absolute Gasteiger partial charge is 0.207 e. The van der Waals surface area contributed by atoms with Crippen molar-refractivity contribution in [2.24, 2.45) is 5.92 Å². The minimum Gasteiger partial charge on any atom is -0.207 e. The molecule has 0 saturated carbocycles.